The normalized spacial score (nSPS) is 15.1. The predicted octanol–water partition coefficient (Wildman–Crippen LogP) is 12.0. The molecule has 0 aliphatic heterocycles. The van der Waals surface area contributed by atoms with Gasteiger partial charge in [0, 0.05) is 22.8 Å². The highest BCUT2D eigenvalue weighted by molar-refractivity contribution is 8.56. The number of rotatable bonds is 18. The molecule has 24 heteroatoms. The number of hydrogen-bond acceptors (Lipinski definition) is 10. The number of ether oxygens (including phenoxy) is 2. The molecule has 4 aromatic carbocycles. The number of carbonyl (C=O) groups excluding carboxylic acids is 2. The van der Waals surface area contributed by atoms with Crippen LogP contribution in [0.5, 0.6) is 11.5 Å². The van der Waals surface area contributed by atoms with E-state index in [9.17, 15) is 62.6 Å². The fourth-order valence-corrected chi connectivity index (χ4v) is 12.1. The molecule has 0 aliphatic carbocycles. The Morgan fingerprint density at radius 2 is 0.758 bits per heavy atom. The molecule has 2 N–H and O–H groups in total. The van der Waals surface area contributed by atoms with Crippen molar-refractivity contribution in [2.75, 3.05) is 0 Å². The molecule has 0 bridgehead atoms. The predicted molar refractivity (Wildman–Crippen MR) is 210 cm³/mol. The van der Waals surface area contributed by atoms with Gasteiger partial charge in [-0.2, -0.15) is 0 Å². The summed E-state index contributed by atoms with van der Waals surface area (Å²) in [6.45, 7) is 0.266. The van der Waals surface area contributed by atoms with Gasteiger partial charge in [0.25, 0.3) is 0 Å². The molecule has 0 aromatic heterocycles. The first-order chi connectivity index (χ1) is 29.0. The summed E-state index contributed by atoms with van der Waals surface area (Å²) < 4.78 is 185. The largest absolute Gasteiger partial charge is 0.462 e. The van der Waals surface area contributed by atoms with Crippen molar-refractivity contribution in [3.8, 4) is 11.5 Å². The van der Waals surface area contributed by atoms with Crippen molar-refractivity contribution in [2.45, 2.75) is 88.5 Å². The minimum absolute atomic E-state index is 0.0304. The van der Waals surface area contributed by atoms with Gasteiger partial charge >= 0.3 is 25.4 Å². The van der Waals surface area contributed by atoms with Crippen LogP contribution in [0.4, 0.5) is 43.9 Å². The maximum Gasteiger partial charge on any atom is 0.379 e. The SMILES string of the molecule is CC[C@H](C)OC(=O)[C@H](C)N[P@@](=O)(Oc1ccccc1)Sc1c(F)c(F)c(F)c(F)c1F.CC[C@H](C)OC(=O)[C@H](C)N[P@](=O)(Oc1ccccc1)Sc1c(F)c(F)c(F)c(F)c1F. The third kappa shape index (κ3) is 13.9. The van der Waals surface area contributed by atoms with Gasteiger partial charge in [-0.25, -0.2) is 63.2 Å². The monoisotopic (exact) mass is 966 g/mol. The lowest BCUT2D eigenvalue weighted by Crippen LogP contribution is -2.35. The van der Waals surface area contributed by atoms with Gasteiger partial charge in [-0.3, -0.25) is 9.59 Å². The summed E-state index contributed by atoms with van der Waals surface area (Å²) in [5.74, 6) is -23.9. The lowest BCUT2D eigenvalue weighted by molar-refractivity contribution is -0.150. The Bertz CT molecular complexity index is 2090. The molecular formula is C38H38F10N2O8P2S2. The number of halogens is 10. The number of hydrogen-bond donors (Lipinski definition) is 2. The molecule has 0 aliphatic rings. The van der Waals surface area contributed by atoms with E-state index in [2.05, 4.69) is 10.2 Å². The summed E-state index contributed by atoms with van der Waals surface area (Å²) in [4.78, 5) is 21.6. The molecule has 0 radical (unpaired) electrons. The quantitative estimate of drug-likeness (QED) is 0.0324. The van der Waals surface area contributed by atoms with E-state index in [1.807, 2.05) is 0 Å². The molecule has 0 amide bonds. The zero-order valence-corrected chi connectivity index (χ0v) is 36.7. The summed E-state index contributed by atoms with van der Waals surface area (Å²) in [6.07, 6.45) is 0.0642. The van der Waals surface area contributed by atoms with Crippen LogP contribution >= 0.6 is 36.2 Å². The summed E-state index contributed by atoms with van der Waals surface area (Å²) in [5.41, 5.74) is 0. The minimum Gasteiger partial charge on any atom is -0.462 e. The average Bonchev–Trinajstić information content (AvgIpc) is 3.24. The first kappa shape index (κ1) is 52.1. The van der Waals surface area contributed by atoms with Crippen molar-refractivity contribution in [1.82, 2.24) is 10.2 Å². The van der Waals surface area contributed by atoms with Crippen molar-refractivity contribution < 1.29 is 81.1 Å². The Hall–Kier alpha value is -4.20. The third-order valence-corrected chi connectivity index (χ3v) is 15.4. The number of para-hydroxylation sites is 2. The van der Waals surface area contributed by atoms with Crippen molar-refractivity contribution in [2.24, 2.45) is 0 Å². The van der Waals surface area contributed by atoms with E-state index >= 15 is 0 Å². The van der Waals surface area contributed by atoms with Gasteiger partial charge in [-0.1, -0.05) is 50.2 Å². The molecule has 0 heterocycles. The van der Waals surface area contributed by atoms with Crippen LogP contribution in [0.15, 0.2) is 70.5 Å². The summed E-state index contributed by atoms with van der Waals surface area (Å²) in [6, 6.07) is 12.1. The number of carbonyl (C=O) groups is 2. The molecule has 0 saturated carbocycles. The fourth-order valence-electron chi connectivity index (χ4n) is 4.30. The lowest BCUT2D eigenvalue weighted by atomic mass is 10.3. The van der Waals surface area contributed by atoms with E-state index in [0.29, 0.717) is 12.8 Å². The van der Waals surface area contributed by atoms with E-state index in [-0.39, 0.29) is 34.3 Å². The topological polar surface area (TPSA) is 129 Å². The standard InChI is InChI=1S/2C19H19F5NO4PS/c2*1-4-10(2)28-19(26)11(3)25-30(27,29-12-8-6-5-7-9-12)31-18-16(23)14(21)13(20)15(22)17(18)24/h2*5-11H,4H2,1-3H3,(H,25,27)/t10-,11-,30+;10-,11-,30-/m00/s1. The van der Waals surface area contributed by atoms with Crippen LogP contribution in [0.1, 0.15) is 54.4 Å². The maximum atomic E-state index is 14.1. The zero-order valence-electron chi connectivity index (χ0n) is 33.3. The number of esters is 2. The molecule has 6 atom stereocenters. The highest BCUT2D eigenvalue weighted by Crippen LogP contribution is 2.62. The molecular weight excluding hydrogens is 928 g/mol. The Morgan fingerprint density at radius 3 is 1.02 bits per heavy atom. The van der Waals surface area contributed by atoms with Gasteiger partial charge in [0.2, 0.25) is 11.6 Å². The van der Waals surface area contributed by atoms with Crippen molar-refractivity contribution in [3.63, 3.8) is 0 Å². The number of benzene rings is 4. The molecule has 4 aromatic rings. The molecule has 0 fully saturated rings. The second-order valence-electron chi connectivity index (χ2n) is 12.8. The van der Waals surface area contributed by atoms with Crippen LogP contribution in [0.25, 0.3) is 0 Å². The Kier molecular flexibility index (Phi) is 19.3. The van der Waals surface area contributed by atoms with E-state index in [1.165, 1.54) is 62.4 Å². The zero-order chi connectivity index (χ0) is 46.7. The maximum absolute atomic E-state index is 14.1. The van der Waals surface area contributed by atoms with Crippen LogP contribution in [-0.4, -0.2) is 36.2 Å². The average molecular weight is 967 g/mol. The van der Waals surface area contributed by atoms with Gasteiger partial charge < -0.3 is 18.5 Å². The van der Waals surface area contributed by atoms with Crippen LogP contribution in [0.2, 0.25) is 0 Å². The Morgan fingerprint density at radius 1 is 0.500 bits per heavy atom. The van der Waals surface area contributed by atoms with Gasteiger partial charge in [-0.15, -0.1) is 0 Å². The first-order valence-corrected chi connectivity index (χ1v) is 24.1. The van der Waals surface area contributed by atoms with Crippen LogP contribution in [0, 0.1) is 58.2 Å². The van der Waals surface area contributed by atoms with Crippen molar-refractivity contribution >= 4 is 48.1 Å². The van der Waals surface area contributed by atoms with Crippen LogP contribution < -0.4 is 19.2 Å². The van der Waals surface area contributed by atoms with E-state index in [1.54, 1.807) is 39.8 Å². The Labute approximate surface area is 357 Å². The van der Waals surface area contributed by atoms with E-state index in [0.717, 1.165) is 0 Å². The molecule has 340 valence electrons. The van der Waals surface area contributed by atoms with Gasteiger partial charge in [0.1, 0.15) is 23.6 Å². The van der Waals surface area contributed by atoms with Gasteiger partial charge in [0.15, 0.2) is 46.5 Å². The smallest absolute Gasteiger partial charge is 0.379 e. The first-order valence-electron chi connectivity index (χ1n) is 18.1. The molecule has 0 spiro atoms. The Balaban J connectivity index is 0.000000330. The second-order valence-corrected chi connectivity index (χ2v) is 20.8. The summed E-state index contributed by atoms with van der Waals surface area (Å²) >= 11 is -0.471. The minimum atomic E-state index is -4.50. The second kappa shape index (κ2) is 22.9. The van der Waals surface area contributed by atoms with Gasteiger partial charge in [0.05, 0.1) is 22.0 Å². The van der Waals surface area contributed by atoms with Crippen LogP contribution in [0.3, 0.4) is 0 Å². The van der Waals surface area contributed by atoms with Crippen molar-refractivity contribution in [3.05, 3.63) is 119 Å². The van der Waals surface area contributed by atoms with Crippen molar-refractivity contribution in [1.29, 1.82) is 0 Å². The van der Waals surface area contributed by atoms with Gasteiger partial charge in [-0.05, 0) is 64.8 Å². The molecule has 4 rings (SSSR count). The molecule has 0 unspecified atom stereocenters. The fraction of sp³-hybridized carbons (Fsp3) is 0.316. The third-order valence-electron chi connectivity index (χ3n) is 7.89. The van der Waals surface area contributed by atoms with E-state index < -0.39 is 118 Å². The molecule has 62 heavy (non-hydrogen) atoms. The summed E-state index contributed by atoms with van der Waals surface area (Å²) in [7, 11) is 0. The van der Waals surface area contributed by atoms with Crippen LogP contribution in [-0.2, 0) is 28.2 Å². The summed E-state index contributed by atoms with van der Waals surface area (Å²) in [5, 5.41) is 4.55. The highest BCUT2D eigenvalue weighted by atomic mass is 32.7. The van der Waals surface area contributed by atoms with E-state index in [4.69, 9.17) is 18.5 Å². The highest BCUT2D eigenvalue weighted by Gasteiger charge is 2.39. The lowest BCUT2D eigenvalue weighted by Gasteiger charge is -2.24. The molecule has 0 saturated heterocycles. The molecule has 10 nitrogen and oxygen atoms in total. The number of nitrogens with one attached hydrogen (secondary N) is 2.